The molecule has 2 fully saturated rings. The first-order valence-corrected chi connectivity index (χ1v) is 11.0. The van der Waals surface area contributed by atoms with Gasteiger partial charge < -0.3 is 4.74 Å². The lowest BCUT2D eigenvalue weighted by molar-refractivity contribution is -0.127. The van der Waals surface area contributed by atoms with Crippen LogP contribution in [0.25, 0.3) is 6.08 Å². The normalized spacial score (nSPS) is 30.9. The number of allylic oxidation sites excluding steroid dienone is 1. The monoisotopic (exact) mass is 397 g/mol. The van der Waals surface area contributed by atoms with Crippen molar-refractivity contribution in [3.63, 3.8) is 0 Å². The summed E-state index contributed by atoms with van der Waals surface area (Å²) in [5.74, 6) is 2.83. The van der Waals surface area contributed by atoms with Crippen LogP contribution in [0.5, 0.6) is 5.75 Å². The first-order chi connectivity index (χ1) is 14.5. The Labute approximate surface area is 178 Å². The smallest absolute Gasteiger partial charge is 0.165 e. The first kappa shape index (κ1) is 19.1. The Bertz CT molecular complexity index is 1080. The second-order valence-corrected chi connectivity index (χ2v) is 9.37. The largest absolute Gasteiger partial charge is 0.497 e. The summed E-state index contributed by atoms with van der Waals surface area (Å²) in [6.45, 7) is 2.21. The fourth-order valence-electron chi connectivity index (χ4n) is 6.34. The molecule has 0 bridgehead atoms. The molecule has 0 N–H and O–H groups in total. The van der Waals surface area contributed by atoms with E-state index in [2.05, 4.69) is 37.3 Å². The van der Waals surface area contributed by atoms with Gasteiger partial charge in [0.1, 0.15) is 5.75 Å². The van der Waals surface area contributed by atoms with Crippen LogP contribution in [0, 0.1) is 28.6 Å². The van der Waals surface area contributed by atoms with Gasteiger partial charge in [0.25, 0.3) is 0 Å². The van der Waals surface area contributed by atoms with E-state index in [1.165, 1.54) is 11.1 Å². The summed E-state index contributed by atoms with van der Waals surface area (Å²) in [6.07, 6.45) is 7.22. The number of methoxy groups -OCH3 is 1. The topological polar surface area (TPSA) is 50.1 Å². The van der Waals surface area contributed by atoms with Crippen molar-refractivity contribution in [1.82, 2.24) is 0 Å². The highest BCUT2D eigenvalue weighted by Crippen LogP contribution is 2.60. The van der Waals surface area contributed by atoms with E-state index in [1.54, 1.807) is 7.11 Å². The van der Waals surface area contributed by atoms with E-state index in [0.717, 1.165) is 49.0 Å². The predicted molar refractivity (Wildman–Crippen MR) is 117 cm³/mol. The maximum absolute atomic E-state index is 13.5. The molecule has 2 saturated carbocycles. The summed E-state index contributed by atoms with van der Waals surface area (Å²) in [6, 6.07) is 16.2. The van der Waals surface area contributed by atoms with Crippen LogP contribution in [0.4, 0.5) is 0 Å². The lowest BCUT2D eigenvalue weighted by Gasteiger charge is -2.48. The van der Waals surface area contributed by atoms with Crippen molar-refractivity contribution >= 4 is 11.9 Å². The predicted octanol–water partition coefficient (Wildman–Crippen LogP) is 5.69. The van der Waals surface area contributed by atoms with Crippen LogP contribution in [0.2, 0.25) is 0 Å². The van der Waals surface area contributed by atoms with Crippen LogP contribution in [-0.2, 0) is 11.2 Å². The molecule has 0 heterocycles. The second-order valence-electron chi connectivity index (χ2n) is 9.37. The molecule has 3 nitrogen and oxygen atoms in total. The summed E-state index contributed by atoms with van der Waals surface area (Å²) < 4.78 is 5.43. The molecule has 0 spiro atoms. The molecular formula is C27H27NO2. The fourth-order valence-corrected chi connectivity index (χ4v) is 6.34. The molecule has 3 aliphatic carbocycles. The number of fused-ring (bicyclic) bond motifs is 5. The van der Waals surface area contributed by atoms with Gasteiger partial charge in [-0.25, -0.2) is 0 Å². The van der Waals surface area contributed by atoms with Crippen molar-refractivity contribution in [2.75, 3.05) is 7.11 Å². The van der Waals surface area contributed by atoms with Gasteiger partial charge in [-0.1, -0.05) is 25.1 Å². The molecule has 2 aromatic rings. The Morgan fingerprint density at radius 2 is 1.97 bits per heavy atom. The van der Waals surface area contributed by atoms with E-state index in [0.29, 0.717) is 29.1 Å². The highest BCUT2D eigenvalue weighted by Gasteiger charge is 2.56. The van der Waals surface area contributed by atoms with Gasteiger partial charge in [0.2, 0.25) is 0 Å². The van der Waals surface area contributed by atoms with Crippen LogP contribution in [0.15, 0.2) is 48.0 Å². The van der Waals surface area contributed by atoms with Crippen molar-refractivity contribution in [3.8, 4) is 11.8 Å². The molecule has 2 aromatic carbocycles. The van der Waals surface area contributed by atoms with Crippen LogP contribution in [-0.4, -0.2) is 12.9 Å². The highest BCUT2D eigenvalue weighted by atomic mass is 16.5. The average Bonchev–Trinajstić information content (AvgIpc) is 3.04. The van der Waals surface area contributed by atoms with E-state index in [1.807, 2.05) is 24.3 Å². The number of rotatable bonds is 2. The maximum Gasteiger partial charge on any atom is 0.165 e. The van der Waals surface area contributed by atoms with E-state index < -0.39 is 0 Å². The molecular weight excluding hydrogens is 370 g/mol. The third-order valence-corrected chi connectivity index (χ3v) is 7.95. The number of benzene rings is 2. The Morgan fingerprint density at radius 3 is 2.70 bits per heavy atom. The molecule has 0 saturated heterocycles. The lowest BCUT2D eigenvalue weighted by Crippen LogP contribution is -2.42. The minimum absolute atomic E-state index is 0.233. The van der Waals surface area contributed by atoms with E-state index in [-0.39, 0.29) is 5.41 Å². The molecule has 152 valence electrons. The Hall–Kier alpha value is -2.86. The van der Waals surface area contributed by atoms with Gasteiger partial charge >= 0.3 is 0 Å². The summed E-state index contributed by atoms with van der Waals surface area (Å²) >= 11 is 0. The second kappa shape index (κ2) is 7.13. The van der Waals surface area contributed by atoms with Crippen LogP contribution in [0.3, 0.4) is 0 Å². The van der Waals surface area contributed by atoms with E-state index in [4.69, 9.17) is 10.00 Å². The molecule has 5 rings (SSSR count). The third-order valence-electron chi connectivity index (χ3n) is 7.95. The first-order valence-electron chi connectivity index (χ1n) is 11.0. The van der Waals surface area contributed by atoms with Gasteiger partial charge in [0.05, 0.1) is 18.7 Å². The lowest BCUT2D eigenvalue weighted by atomic mass is 9.55. The molecule has 0 radical (unpaired) electrons. The molecule has 3 aliphatic rings. The van der Waals surface area contributed by atoms with Crippen LogP contribution < -0.4 is 4.74 Å². The number of hydrogen-bond acceptors (Lipinski definition) is 3. The number of carbonyl (C=O) groups is 1. The zero-order chi connectivity index (χ0) is 20.9. The quantitative estimate of drug-likeness (QED) is 0.612. The van der Waals surface area contributed by atoms with Gasteiger partial charge in [-0.15, -0.1) is 0 Å². The van der Waals surface area contributed by atoms with Crippen molar-refractivity contribution in [3.05, 3.63) is 70.3 Å². The molecule has 0 amide bonds. The number of aryl methyl sites for hydroxylation is 1. The zero-order valence-electron chi connectivity index (χ0n) is 17.7. The van der Waals surface area contributed by atoms with Gasteiger partial charge in [-0.2, -0.15) is 5.26 Å². The Balaban J connectivity index is 1.45. The Kier molecular flexibility index (Phi) is 4.54. The molecule has 0 aliphatic heterocycles. The minimum Gasteiger partial charge on any atom is -0.497 e. The molecule has 4 atom stereocenters. The van der Waals surface area contributed by atoms with Gasteiger partial charge in [-0.3, -0.25) is 4.79 Å². The number of hydrogen-bond donors (Lipinski definition) is 0. The van der Waals surface area contributed by atoms with E-state index >= 15 is 0 Å². The van der Waals surface area contributed by atoms with E-state index in [9.17, 15) is 4.79 Å². The summed E-state index contributed by atoms with van der Waals surface area (Å²) in [7, 11) is 1.73. The molecule has 0 unspecified atom stereocenters. The molecule has 0 aromatic heterocycles. The third kappa shape index (κ3) is 2.89. The highest BCUT2D eigenvalue weighted by molar-refractivity contribution is 6.06. The van der Waals surface area contributed by atoms with Gasteiger partial charge in [-0.05, 0) is 102 Å². The molecule has 3 heteroatoms. The number of nitriles is 1. The minimum atomic E-state index is -0.233. The Morgan fingerprint density at radius 1 is 1.17 bits per heavy atom. The summed E-state index contributed by atoms with van der Waals surface area (Å²) in [5.41, 5.74) is 5.30. The van der Waals surface area contributed by atoms with Gasteiger partial charge in [0.15, 0.2) is 5.78 Å². The van der Waals surface area contributed by atoms with Crippen molar-refractivity contribution < 1.29 is 9.53 Å². The van der Waals surface area contributed by atoms with Crippen molar-refractivity contribution in [2.24, 2.45) is 17.3 Å². The van der Waals surface area contributed by atoms with Gasteiger partial charge in [0, 0.05) is 5.41 Å². The number of Topliss-reactive ketones (excluding diaryl/α,β-unsaturated/α-hetero) is 1. The zero-order valence-corrected chi connectivity index (χ0v) is 17.7. The van der Waals surface area contributed by atoms with Crippen molar-refractivity contribution in [1.29, 1.82) is 5.26 Å². The summed E-state index contributed by atoms with van der Waals surface area (Å²) in [4.78, 5) is 13.5. The number of nitrogens with zero attached hydrogens (tertiary/aromatic N) is 1. The average molecular weight is 398 g/mol. The van der Waals surface area contributed by atoms with Crippen LogP contribution >= 0.6 is 0 Å². The fraction of sp³-hybridized carbons (Fsp3) is 0.407. The van der Waals surface area contributed by atoms with Crippen molar-refractivity contribution in [2.45, 2.75) is 44.9 Å². The summed E-state index contributed by atoms with van der Waals surface area (Å²) in [5, 5.41) is 9.01. The maximum atomic E-state index is 13.5. The number of ether oxygens (including phenoxy) is 1. The number of ketones is 1. The van der Waals surface area contributed by atoms with Crippen LogP contribution in [0.1, 0.15) is 60.8 Å². The SMILES string of the molecule is COc1ccc2c(c1)CC[C@@H]1[C@@H]2CC[C@]2(C)C(=O)/C(=C/c3ccc(C#N)cc3)C[C@@H]12. The molecule has 30 heavy (non-hydrogen) atoms. The number of carbonyl (C=O) groups excluding carboxylic acids is 1. The standard InChI is InChI=1S/C27H27NO2/c1-27-12-11-23-22-10-8-21(30-2)14-19(22)7-9-24(23)25(27)15-20(26(27)29)13-17-3-5-18(16-28)6-4-17/h3-6,8,10,13-14,23-25H,7,9,11-12,15H2,1-2H3/b20-13+/t23-,24-,25+,27+/m1/s1.